The zero-order chi connectivity index (χ0) is 18.3. The molecule has 3 rings (SSSR count). The van der Waals surface area contributed by atoms with E-state index in [-0.39, 0.29) is 6.04 Å². The van der Waals surface area contributed by atoms with Crippen molar-refractivity contribution in [2.75, 3.05) is 5.32 Å². The third-order valence-electron chi connectivity index (χ3n) is 4.81. The summed E-state index contributed by atoms with van der Waals surface area (Å²) in [5.41, 5.74) is 7.64. The Balaban J connectivity index is 2.17. The number of hydrogen-bond acceptors (Lipinski definition) is 2. The minimum Gasteiger partial charge on any atom is -0.505 e. The molecule has 0 spiro atoms. The Morgan fingerprint density at radius 3 is 2.40 bits per heavy atom. The molecule has 0 bridgehead atoms. The number of H-pyrrole nitrogens is 1. The highest BCUT2D eigenvalue weighted by Gasteiger charge is 2.16. The van der Waals surface area contributed by atoms with Crippen molar-refractivity contribution in [1.82, 2.24) is 4.98 Å². The van der Waals surface area contributed by atoms with Crippen molar-refractivity contribution in [1.29, 1.82) is 0 Å². The summed E-state index contributed by atoms with van der Waals surface area (Å²) in [4.78, 5) is 3.36. The molecule has 2 aromatic carbocycles. The molecule has 3 aromatic rings. The Morgan fingerprint density at radius 2 is 1.76 bits per heavy atom. The Hall–Kier alpha value is -2.42. The van der Waals surface area contributed by atoms with Crippen molar-refractivity contribution in [2.24, 2.45) is 0 Å². The number of fused-ring (bicyclic) bond motifs is 1. The molecule has 0 radical (unpaired) electrons. The zero-order valence-electron chi connectivity index (χ0n) is 16.0. The number of rotatable bonds is 4. The summed E-state index contributed by atoms with van der Waals surface area (Å²) in [5, 5.41) is 15.2. The van der Waals surface area contributed by atoms with Gasteiger partial charge in [-0.25, -0.2) is 0 Å². The normalized spacial score (nSPS) is 11.7. The number of aromatic amines is 1. The second kappa shape index (κ2) is 6.47. The molecular formula is C22H28N2O. The van der Waals surface area contributed by atoms with Crippen LogP contribution >= 0.6 is 0 Å². The molecule has 0 amide bonds. The summed E-state index contributed by atoms with van der Waals surface area (Å²) in [6.07, 6.45) is 2.10. The fourth-order valence-corrected chi connectivity index (χ4v) is 3.61. The first kappa shape index (κ1) is 17.4. The summed E-state index contributed by atoms with van der Waals surface area (Å²) in [6.45, 7) is 12.7. The van der Waals surface area contributed by atoms with Crippen LogP contribution in [0.25, 0.3) is 22.0 Å². The minimum atomic E-state index is 0.278. The second-order valence-electron chi connectivity index (χ2n) is 7.55. The lowest BCUT2D eigenvalue weighted by Gasteiger charge is -2.18. The van der Waals surface area contributed by atoms with Gasteiger partial charge in [-0.05, 0) is 74.1 Å². The maximum absolute atomic E-state index is 10.7. The number of hydrogen-bond donors (Lipinski definition) is 3. The molecule has 0 aliphatic heterocycles. The van der Waals surface area contributed by atoms with Crippen LogP contribution in [0.2, 0.25) is 0 Å². The Kier molecular flexibility index (Phi) is 4.51. The first-order valence-corrected chi connectivity index (χ1v) is 9.00. The first-order valence-electron chi connectivity index (χ1n) is 9.00. The smallest absolute Gasteiger partial charge is 0.142 e. The van der Waals surface area contributed by atoms with Gasteiger partial charge in [-0.3, -0.25) is 0 Å². The van der Waals surface area contributed by atoms with Crippen molar-refractivity contribution < 1.29 is 5.11 Å². The van der Waals surface area contributed by atoms with E-state index < -0.39 is 0 Å². The number of nitrogens with one attached hydrogen (secondary N) is 2. The standard InChI is InChI=1S/C22H28N2O/c1-12(2)18-11-23-19-8-7-16(10-17(18)19)21-14(5)9-20(24-13(3)4)22(25)15(21)6/h7-13,23-25H,1-6H3. The van der Waals surface area contributed by atoms with Crippen molar-refractivity contribution in [2.45, 2.75) is 53.5 Å². The van der Waals surface area contributed by atoms with Gasteiger partial charge in [-0.1, -0.05) is 19.9 Å². The monoisotopic (exact) mass is 336 g/mol. The van der Waals surface area contributed by atoms with Crippen LogP contribution in [0, 0.1) is 13.8 Å². The van der Waals surface area contributed by atoms with Crippen molar-refractivity contribution in [3.63, 3.8) is 0 Å². The van der Waals surface area contributed by atoms with Crippen LogP contribution in [0.1, 0.15) is 50.3 Å². The van der Waals surface area contributed by atoms with E-state index in [4.69, 9.17) is 0 Å². The van der Waals surface area contributed by atoms with E-state index in [9.17, 15) is 5.11 Å². The van der Waals surface area contributed by atoms with E-state index in [2.05, 4.69) is 69.3 Å². The van der Waals surface area contributed by atoms with E-state index >= 15 is 0 Å². The maximum Gasteiger partial charge on any atom is 0.142 e. The van der Waals surface area contributed by atoms with Gasteiger partial charge in [-0.2, -0.15) is 0 Å². The maximum atomic E-state index is 10.7. The van der Waals surface area contributed by atoms with Crippen LogP contribution in [0.4, 0.5) is 5.69 Å². The highest BCUT2D eigenvalue weighted by molar-refractivity contribution is 5.90. The van der Waals surface area contributed by atoms with Crippen LogP contribution in [-0.2, 0) is 0 Å². The molecule has 3 nitrogen and oxygen atoms in total. The van der Waals surface area contributed by atoms with Gasteiger partial charge >= 0.3 is 0 Å². The molecule has 0 atom stereocenters. The van der Waals surface area contributed by atoms with Crippen LogP contribution in [0.3, 0.4) is 0 Å². The van der Waals surface area contributed by atoms with E-state index in [1.165, 1.54) is 16.5 Å². The first-order chi connectivity index (χ1) is 11.8. The van der Waals surface area contributed by atoms with Gasteiger partial charge in [0.05, 0.1) is 5.69 Å². The van der Waals surface area contributed by atoms with Gasteiger partial charge in [0.2, 0.25) is 0 Å². The number of aromatic hydroxyl groups is 1. The fourth-order valence-electron chi connectivity index (χ4n) is 3.61. The van der Waals surface area contributed by atoms with Crippen molar-refractivity contribution in [3.8, 4) is 16.9 Å². The van der Waals surface area contributed by atoms with Crippen LogP contribution in [-0.4, -0.2) is 16.1 Å². The highest BCUT2D eigenvalue weighted by atomic mass is 16.3. The van der Waals surface area contributed by atoms with E-state index in [0.29, 0.717) is 11.7 Å². The summed E-state index contributed by atoms with van der Waals surface area (Å²) in [6, 6.07) is 8.83. The summed E-state index contributed by atoms with van der Waals surface area (Å²) in [5.74, 6) is 0.810. The average molecular weight is 336 g/mol. The fraction of sp³-hybridized carbons (Fsp3) is 0.364. The molecule has 1 aromatic heterocycles. The molecule has 0 aliphatic carbocycles. The second-order valence-corrected chi connectivity index (χ2v) is 7.55. The Morgan fingerprint density at radius 1 is 1.04 bits per heavy atom. The quantitative estimate of drug-likeness (QED) is 0.504. The van der Waals surface area contributed by atoms with Gasteiger partial charge in [0, 0.05) is 28.7 Å². The van der Waals surface area contributed by atoms with Gasteiger partial charge < -0.3 is 15.4 Å². The lowest BCUT2D eigenvalue weighted by Crippen LogP contribution is -2.10. The highest BCUT2D eigenvalue weighted by Crippen LogP contribution is 2.40. The minimum absolute atomic E-state index is 0.278. The van der Waals surface area contributed by atoms with Gasteiger partial charge in [0.15, 0.2) is 0 Å². The number of anilines is 1. The molecule has 0 saturated heterocycles. The molecule has 3 heteroatoms. The van der Waals surface area contributed by atoms with E-state index in [0.717, 1.165) is 27.9 Å². The van der Waals surface area contributed by atoms with Crippen LogP contribution in [0.15, 0.2) is 30.5 Å². The number of phenols is 1. The molecule has 0 aliphatic rings. The average Bonchev–Trinajstić information content (AvgIpc) is 2.95. The predicted octanol–water partition coefficient (Wildman–Crippen LogP) is 6.10. The largest absolute Gasteiger partial charge is 0.505 e. The Labute approximate surface area is 150 Å². The van der Waals surface area contributed by atoms with Crippen LogP contribution < -0.4 is 5.32 Å². The number of aryl methyl sites for hydroxylation is 1. The van der Waals surface area contributed by atoms with Crippen LogP contribution in [0.5, 0.6) is 5.75 Å². The molecule has 0 fully saturated rings. The molecule has 3 N–H and O–H groups in total. The van der Waals surface area contributed by atoms with Crippen molar-refractivity contribution in [3.05, 3.63) is 47.2 Å². The summed E-state index contributed by atoms with van der Waals surface area (Å²) < 4.78 is 0. The predicted molar refractivity (Wildman–Crippen MR) is 108 cm³/mol. The summed E-state index contributed by atoms with van der Waals surface area (Å²) >= 11 is 0. The number of aromatic nitrogens is 1. The van der Waals surface area contributed by atoms with E-state index in [1.807, 2.05) is 13.0 Å². The zero-order valence-corrected chi connectivity index (χ0v) is 16.0. The van der Waals surface area contributed by atoms with Gasteiger partial charge in [0.25, 0.3) is 0 Å². The molecule has 0 saturated carbocycles. The summed E-state index contributed by atoms with van der Waals surface area (Å²) in [7, 11) is 0. The SMILES string of the molecule is Cc1cc(NC(C)C)c(O)c(C)c1-c1ccc2[nH]cc(C(C)C)c2c1. The number of phenolic OH excluding ortho intramolecular Hbond substituents is 1. The molecule has 25 heavy (non-hydrogen) atoms. The number of benzene rings is 2. The van der Waals surface area contributed by atoms with Crippen molar-refractivity contribution >= 4 is 16.6 Å². The topological polar surface area (TPSA) is 48.0 Å². The molecule has 0 unspecified atom stereocenters. The molecule has 1 heterocycles. The lowest BCUT2D eigenvalue weighted by atomic mass is 9.92. The third-order valence-corrected chi connectivity index (χ3v) is 4.81. The third kappa shape index (κ3) is 3.11. The molecular weight excluding hydrogens is 308 g/mol. The van der Waals surface area contributed by atoms with Gasteiger partial charge in [0.1, 0.15) is 5.75 Å². The lowest BCUT2D eigenvalue weighted by molar-refractivity contribution is 0.472. The van der Waals surface area contributed by atoms with E-state index in [1.54, 1.807) is 0 Å². The Bertz CT molecular complexity index is 919. The molecule has 132 valence electrons. The van der Waals surface area contributed by atoms with Gasteiger partial charge in [-0.15, -0.1) is 0 Å².